The maximum absolute atomic E-state index is 13.3. The number of carbonyl (C=O) groups excluding carboxylic acids is 2. The fourth-order valence-corrected chi connectivity index (χ4v) is 6.77. The summed E-state index contributed by atoms with van der Waals surface area (Å²) in [6.07, 6.45) is 9.76. The number of nitrogens with zero attached hydrogens (tertiary/aromatic N) is 2. The van der Waals surface area contributed by atoms with Crippen molar-refractivity contribution in [3.8, 4) is 0 Å². The summed E-state index contributed by atoms with van der Waals surface area (Å²) in [7, 11) is 6.14. The van der Waals surface area contributed by atoms with Crippen molar-refractivity contribution in [2.24, 2.45) is 17.8 Å². The molecule has 268 valence electrons. The molecule has 3 rings (SSSR count). The van der Waals surface area contributed by atoms with E-state index in [9.17, 15) is 24.9 Å². The van der Waals surface area contributed by atoms with Crippen molar-refractivity contribution in [1.82, 2.24) is 4.90 Å². The number of cyclic esters (lactones) is 1. The molecule has 0 aromatic heterocycles. The second kappa shape index (κ2) is 16.9. The molecule has 3 heterocycles. The van der Waals surface area contributed by atoms with Crippen LogP contribution in [-0.2, 0) is 19.0 Å². The molecule has 0 radical (unpaired) electrons. The average molecular weight is 664 g/mol. The lowest BCUT2D eigenvalue weighted by atomic mass is 9.88. The summed E-state index contributed by atoms with van der Waals surface area (Å²) in [4.78, 5) is 27.8. The first-order valence-electron chi connectivity index (χ1n) is 17.7. The zero-order chi connectivity index (χ0) is 35.1. The van der Waals surface area contributed by atoms with Gasteiger partial charge in [-0.3, -0.25) is 4.79 Å². The Balaban J connectivity index is 1.72. The van der Waals surface area contributed by atoms with Gasteiger partial charge in [-0.1, -0.05) is 52.0 Å². The summed E-state index contributed by atoms with van der Waals surface area (Å²) < 4.78 is 18.6. The van der Waals surface area contributed by atoms with Crippen LogP contribution in [-0.4, -0.2) is 119 Å². The van der Waals surface area contributed by atoms with Gasteiger partial charge in [0.15, 0.2) is 6.10 Å². The molecule has 0 saturated carbocycles. The Labute approximate surface area is 283 Å². The zero-order valence-corrected chi connectivity index (χ0v) is 30.3. The molecule has 1 amide bonds. The predicted octanol–water partition coefficient (Wildman–Crippen LogP) is 4.77. The minimum atomic E-state index is -1.46. The second-order valence-electron chi connectivity index (χ2n) is 15.4. The summed E-state index contributed by atoms with van der Waals surface area (Å²) in [5, 5.41) is 32.3. The van der Waals surface area contributed by atoms with Crippen LogP contribution in [0.15, 0.2) is 36.0 Å². The fourth-order valence-electron chi connectivity index (χ4n) is 6.77. The van der Waals surface area contributed by atoms with Crippen molar-refractivity contribution in [3.63, 3.8) is 0 Å². The molecule has 3 aliphatic heterocycles. The third-order valence-electron chi connectivity index (χ3n) is 10.5. The molecule has 10 heteroatoms. The summed E-state index contributed by atoms with van der Waals surface area (Å²) in [5.41, 5.74) is -0.637. The van der Waals surface area contributed by atoms with Crippen LogP contribution < -0.4 is 0 Å². The van der Waals surface area contributed by atoms with Gasteiger partial charge in [0, 0.05) is 37.8 Å². The highest BCUT2D eigenvalue weighted by atomic mass is 16.6. The average Bonchev–Trinajstić information content (AvgIpc) is 3.77. The van der Waals surface area contributed by atoms with E-state index in [0.29, 0.717) is 6.42 Å². The van der Waals surface area contributed by atoms with Gasteiger partial charge in [-0.05, 0) is 57.1 Å². The van der Waals surface area contributed by atoms with Gasteiger partial charge in [-0.25, -0.2) is 4.79 Å². The Morgan fingerprint density at radius 2 is 1.87 bits per heavy atom. The first-order valence-corrected chi connectivity index (χ1v) is 17.7. The van der Waals surface area contributed by atoms with Gasteiger partial charge in [0.25, 0.3) is 0 Å². The number of hydrogen-bond acceptors (Lipinski definition) is 8. The minimum absolute atomic E-state index is 0.0673. The number of carbonyl (C=O) groups is 2. The molecule has 2 saturated heterocycles. The fraction of sp³-hybridized carbons (Fsp3) is 0.784. The van der Waals surface area contributed by atoms with E-state index >= 15 is 0 Å². The highest BCUT2D eigenvalue weighted by Gasteiger charge is 2.45. The molecule has 0 bridgehead atoms. The Kier molecular flexibility index (Phi) is 14.1. The van der Waals surface area contributed by atoms with Crippen molar-refractivity contribution < 1.29 is 43.6 Å². The van der Waals surface area contributed by atoms with Crippen molar-refractivity contribution in [2.45, 2.75) is 135 Å². The number of rotatable bonds is 10. The summed E-state index contributed by atoms with van der Waals surface area (Å²) in [5.74, 6) is -0.449. The molecule has 3 N–H and O–H groups in total. The molecular formula is C37H63N2O8+. The third kappa shape index (κ3) is 11.7. The van der Waals surface area contributed by atoms with Gasteiger partial charge in [0.1, 0.15) is 11.7 Å². The zero-order valence-electron chi connectivity index (χ0n) is 30.3. The van der Waals surface area contributed by atoms with Crippen LogP contribution in [0.5, 0.6) is 0 Å². The molecule has 3 aliphatic rings. The largest absolute Gasteiger partial charge is 0.457 e. The molecule has 47 heavy (non-hydrogen) atoms. The first kappa shape index (κ1) is 39.2. The molecule has 0 aromatic rings. The highest BCUT2D eigenvalue weighted by molar-refractivity contribution is 5.70. The van der Waals surface area contributed by atoms with E-state index in [1.54, 1.807) is 24.9 Å². The minimum Gasteiger partial charge on any atom is -0.457 e. The van der Waals surface area contributed by atoms with E-state index in [-0.39, 0.29) is 61.4 Å². The Hall–Kier alpha value is -2.24. The monoisotopic (exact) mass is 663 g/mol. The number of quaternary nitrogens is 1. The van der Waals surface area contributed by atoms with E-state index in [2.05, 4.69) is 27.1 Å². The quantitative estimate of drug-likeness (QED) is 0.100. The number of epoxide rings is 1. The molecule has 0 unspecified atom stereocenters. The normalized spacial score (nSPS) is 34.5. The Morgan fingerprint density at radius 1 is 1.21 bits per heavy atom. The van der Waals surface area contributed by atoms with Crippen LogP contribution in [0.2, 0.25) is 0 Å². The van der Waals surface area contributed by atoms with Gasteiger partial charge < -0.3 is 38.9 Å². The SMILES string of the molecule is CC[C@H](O)[C@@H](C)[C@H]1O[C@@H]1C[C@H](C)C=CC=C(C)[C@H]1OC(=O)C[C@H](O)CC[C@@](C)(O)[C@@H](OC(=O)N(C)C2CC[N+](C)(C)CC2)C=C[C@@H]1C. The van der Waals surface area contributed by atoms with Crippen molar-refractivity contribution in [3.05, 3.63) is 36.0 Å². The summed E-state index contributed by atoms with van der Waals surface area (Å²) in [6, 6.07) is 0.0673. The number of aliphatic hydroxyl groups excluding tert-OH is 2. The van der Waals surface area contributed by atoms with Gasteiger partial charge in [0.2, 0.25) is 0 Å². The van der Waals surface area contributed by atoms with E-state index in [1.165, 1.54) is 0 Å². The van der Waals surface area contributed by atoms with E-state index in [1.807, 2.05) is 45.9 Å². The second-order valence-corrected chi connectivity index (χ2v) is 15.4. The number of allylic oxidation sites excluding steroid dienone is 3. The Bertz CT molecular complexity index is 1120. The number of ether oxygens (including phenoxy) is 3. The number of piperidine rings is 1. The smallest absolute Gasteiger partial charge is 0.410 e. The number of esters is 1. The maximum atomic E-state index is 13.3. The van der Waals surface area contributed by atoms with E-state index < -0.39 is 36.0 Å². The lowest BCUT2D eigenvalue weighted by Gasteiger charge is -2.40. The third-order valence-corrected chi connectivity index (χ3v) is 10.5. The topological polar surface area (TPSA) is 129 Å². The molecule has 10 atom stereocenters. The molecule has 2 fully saturated rings. The first-order chi connectivity index (χ1) is 21.9. The van der Waals surface area contributed by atoms with Gasteiger partial charge in [-0.15, -0.1) is 0 Å². The lowest BCUT2D eigenvalue weighted by molar-refractivity contribution is -0.895. The van der Waals surface area contributed by atoms with Gasteiger partial charge in [0.05, 0.1) is 58.0 Å². The van der Waals surface area contributed by atoms with Crippen molar-refractivity contribution in [2.75, 3.05) is 34.2 Å². The van der Waals surface area contributed by atoms with E-state index in [0.717, 1.165) is 42.4 Å². The molecule has 0 spiro atoms. The van der Waals surface area contributed by atoms with E-state index in [4.69, 9.17) is 14.2 Å². The van der Waals surface area contributed by atoms with Crippen LogP contribution in [0.3, 0.4) is 0 Å². The Morgan fingerprint density at radius 3 is 2.51 bits per heavy atom. The number of aliphatic hydroxyl groups is 3. The van der Waals surface area contributed by atoms with Gasteiger partial charge >= 0.3 is 12.1 Å². The lowest BCUT2D eigenvalue weighted by Crippen LogP contribution is -2.53. The van der Waals surface area contributed by atoms with Gasteiger partial charge in [-0.2, -0.15) is 0 Å². The standard InChI is InChI=1S/C37H63N2O8/c1-10-30(41)27(5)35-31(45-35)22-24(2)12-11-13-25(3)34-26(4)14-15-32(37(6,44)19-16-29(40)23-33(42)47-34)46-36(43)38(7)28-17-20-39(8,9)21-18-28/h11-15,24,26-32,34-35,40-41,44H,10,16-23H2,1-9H3/q+1/t24-,26+,27-,29-,30+,31-,32+,34-,35-,37-/m1/s1. The van der Waals surface area contributed by atoms with Crippen LogP contribution in [0.1, 0.15) is 86.5 Å². The number of likely N-dealkylation sites (tertiary alicyclic amines) is 1. The van der Waals surface area contributed by atoms with Crippen molar-refractivity contribution in [1.29, 1.82) is 0 Å². The molecular weight excluding hydrogens is 600 g/mol. The summed E-state index contributed by atoms with van der Waals surface area (Å²) >= 11 is 0. The van der Waals surface area contributed by atoms with Crippen LogP contribution in [0, 0.1) is 17.8 Å². The molecule has 0 aliphatic carbocycles. The molecule has 0 aromatic carbocycles. The predicted molar refractivity (Wildman–Crippen MR) is 182 cm³/mol. The summed E-state index contributed by atoms with van der Waals surface area (Å²) in [6.45, 7) is 13.5. The van der Waals surface area contributed by atoms with Crippen LogP contribution in [0.4, 0.5) is 4.79 Å². The molecule has 10 nitrogen and oxygen atoms in total. The van der Waals surface area contributed by atoms with Crippen LogP contribution >= 0.6 is 0 Å². The number of amides is 1. The van der Waals surface area contributed by atoms with Crippen LogP contribution in [0.25, 0.3) is 0 Å². The highest BCUT2D eigenvalue weighted by Crippen LogP contribution is 2.36. The number of hydrogen-bond donors (Lipinski definition) is 3. The maximum Gasteiger partial charge on any atom is 0.410 e. The van der Waals surface area contributed by atoms with Crippen molar-refractivity contribution >= 4 is 12.1 Å².